The first-order valence-electron chi connectivity index (χ1n) is 7.38. The zero-order valence-electron chi connectivity index (χ0n) is 12.6. The normalized spacial score (nSPS) is 18.9. The molecule has 0 saturated heterocycles. The summed E-state index contributed by atoms with van der Waals surface area (Å²) < 4.78 is 29.8. The van der Waals surface area contributed by atoms with Gasteiger partial charge in [0.05, 0.1) is 0 Å². The summed E-state index contributed by atoms with van der Waals surface area (Å²) in [5, 5.41) is 3.50. The summed E-state index contributed by atoms with van der Waals surface area (Å²) in [6.07, 6.45) is 7.17. The minimum atomic E-state index is -2.79. The van der Waals surface area contributed by atoms with Gasteiger partial charge in [0, 0.05) is 22.9 Å². The molecule has 118 valence electrons. The average Bonchev–Trinajstić information content (AvgIpc) is 2.94. The van der Waals surface area contributed by atoms with Crippen LogP contribution in [0.2, 0.25) is 0 Å². The van der Waals surface area contributed by atoms with E-state index in [0.717, 1.165) is 12.1 Å². The van der Waals surface area contributed by atoms with Crippen molar-refractivity contribution >= 4 is 11.8 Å². The molecule has 21 heavy (non-hydrogen) atoms. The minimum Gasteiger partial charge on any atom is -0.434 e. The summed E-state index contributed by atoms with van der Waals surface area (Å²) in [6.45, 7) is 0.111. The second-order valence-electron chi connectivity index (χ2n) is 5.61. The van der Waals surface area contributed by atoms with Crippen molar-refractivity contribution in [2.75, 3.05) is 12.8 Å². The summed E-state index contributed by atoms with van der Waals surface area (Å²) in [6, 6.07) is 7.00. The zero-order valence-corrected chi connectivity index (χ0v) is 13.4. The second kappa shape index (κ2) is 7.45. The number of hydrogen-bond donors (Lipinski definition) is 1. The first kappa shape index (κ1) is 16.6. The molecule has 0 aliphatic heterocycles. The number of halogens is 2. The summed E-state index contributed by atoms with van der Waals surface area (Å²) >= 11 is 1.92. The van der Waals surface area contributed by atoms with Gasteiger partial charge in [0.25, 0.3) is 0 Å². The van der Waals surface area contributed by atoms with Crippen LogP contribution in [0.4, 0.5) is 8.78 Å². The number of ether oxygens (including phenoxy) is 1. The van der Waals surface area contributed by atoms with Crippen molar-refractivity contribution in [2.24, 2.45) is 0 Å². The predicted octanol–water partition coefficient (Wildman–Crippen LogP) is 4.61. The summed E-state index contributed by atoms with van der Waals surface area (Å²) in [7, 11) is 0. The molecule has 1 aromatic carbocycles. The SMILES string of the molecule is CSC1(CNC(C)c2ccccc2OC(F)F)CCCC1. The van der Waals surface area contributed by atoms with E-state index in [-0.39, 0.29) is 11.8 Å². The van der Waals surface area contributed by atoms with Crippen molar-refractivity contribution in [2.45, 2.75) is 50.0 Å². The standard InChI is InChI=1S/C16H23F2NOS/c1-12(19-11-16(21-2)9-5-6-10-16)13-7-3-4-8-14(13)20-15(17)18/h3-4,7-8,12,15,19H,5-6,9-11H2,1-2H3. The van der Waals surface area contributed by atoms with E-state index in [1.807, 2.05) is 30.8 Å². The first-order chi connectivity index (χ1) is 10.1. The fourth-order valence-corrected chi connectivity index (χ4v) is 3.89. The molecule has 0 spiro atoms. The van der Waals surface area contributed by atoms with Crippen molar-refractivity contribution in [3.8, 4) is 5.75 Å². The molecule has 1 N–H and O–H groups in total. The Morgan fingerprint density at radius 3 is 2.57 bits per heavy atom. The van der Waals surface area contributed by atoms with Gasteiger partial charge in [-0.25, -0.2) is 0 Å². The molecule has 0 heterocycles. The predicted molar refractivity (Wildman–Crippen MR) is 84.2 cm³/mol. The number of thioether (sulfide) groups is 1. The molecule has 1 aromatic rings. The smallest absolute Gasteiger partial charge is 0.387 e. The van der Waals surface area contributed by atoms with Crippen LogP contribution in [0.25, 0.3) is 0 Å². The maximum absolute atomic E-state index is 12.5. The Morgan fingerprint density at radius 2 is 1.95 bits per heavy atom. The van der Waals surface area contributed by atoms with E-state index in [9.17, 15) is 8.78 Å². The quantitative estimate of drug-likeness (QED) is 0.793. The van der Waals surface area contributed by atoms with E-state index in [2.05, 4.69) is 16.3 Å². The Kier molecular flexibility index (Phi) is 5.88. The zero-order chi connectivity index (χ0) is 15.3. The lowest BCUT2D eigenvalue weighted by Gasteiger charge is -2.29. The van der Waals surface area contributed by atoms with Crippen LogP contribution in [0, 0.1) is 0 Å². The van der Waals surface area contributed by atoms with Crippen LogP contribution in [0.5, 0.6) is 5.75 Å². The number of rotatable bonds is 7. The summed E-state index contributed by atoms with van der Waals surface area (Å²) in [5.41, 5.74) is 0.784. The van der Waals surface area contributed by atoms with E-state index < -0.39 is 6.61 Å². The monoisotopic (exact) mass is 315 g/mol. The maximum Gasteiger partial charge on any atom is 0.387 e. The van der Waals surface area contributed by atoms with Gasteiger partial charge in [-0.3, -0.25) is 0 Å². The Bertz CT molecular complexity index is 450. The van der Waals surface area contributed by atoms with Gasteiger partial charge in [-0.15, -0.1) is 0 Å². The van der Waals surface area contributed by atoms with Gasteiger partial charge in [-0.2, -0.15) is 20.5 Å². The van der Waals surface area contributed by atoms with Crippen molar-refractivity contribution in [3.05, 3.63) is 29.8 Å². The fourth-order valence-electron chi connectivity index (χ4n) is 2.96. The topological polar surface area (TPSA) is 21.3 Å². The molecule has 1 aliphatic carbocycles. The van der Waals surface area contributed by atoms with Gasteiger partial charge in [0.15, 0.2) is 0 Å². The van der Waals surface area contributed by atoms with Crippen molar-refractivity contribution < 1.29 is 13.5 Å². The van der Waals surface area contributed by atoms with Crippen LogP contribution in [0.15, 0.2) is 24.3 Å². The lowest BCUT2D eigenvalue weighted by molar-refractivity contribution is -0.0506. The number of para-hydroxylation sites is 1. The van der Waals surface area contributed by atoms with Gasteiger partial charge in [-0.1, -0.05) is 31.0 Å². The Balaban J connectivity index is 2.01. The van der Waals surface area contributed by atoms with E-state index >= 15 is 0 Å². The summed E-state index contributed by atoms with van der Waals surface area (Å²) in [5.74, 6) is 0.261. The third-order valence-electron chi connectivity index (χ3n) is 4.28. The van der Waals surface area contributed by atoms with Crippen LogP contribution < -0.4 is 10.1 Å². The minimum absolute atomic E-state index is 0.00965. The van der Waals surface area contributed by atoms with Crippen molar-refractivity contribution in [3.63, 3.8) is 0 Å². The van der Waals surface area contributed by atoms with Crippen LogP contribution in [-0.2, 0) is 0 Å². The first-order valence-corrected chi connectivity index (χ1v) is 8.61. The third-order valence-corrected chi connectivity index (χ3v) is 5.70. The molecule has 0 aromatic heterocycles. The molecule has 0 bridgehead atoms. The lowest BCUT2D eigenvalue weighted by atomic mass is 10.0. The molecule has 1 saturated carbocycles. The molecule has 1 atom stereocenters. The van der Waals surface area contributed by atoms with Gasteiger partial charge in [0.2, 0.25) is 0 Å². The van der Waals surface area contributed by atoms with Gasteiger partial charge in [0.1, 0.15) is 5.75 Å². The lowest BCUT2D eigenvalue weighted by Crippen LogP contribution is -2.36. The van der Waals surface area contributed by atoms with Gasteiger partial charge < -0.3 is 10.1 Å². The molecule has 0 radical (unpaired) electrons. The molecule has 1 fully saturated rings. The molecule has 1 aliphatic rings. The highest BCUT2D eigenvalue weighted by molar-refractivity contribution is 8.00. The Morgan fingerprint density at radius 1 is 1.29 bits per heavy atom. The van der Waals surface area contributed by atoms with Crippen molar-refractivity contribution in [1.29, 1.82) is 0 Å². The van der Waals surface area contributed by atoms with E-state index in [1.165, 1.54) is 25.7 Å². The molecule has 1 unspecified atom stereocenters. The van der Waals surface area contributed by atoms with Gasteiger partial charge >= 0.3 is 6.61 Å². The molecule has 5 heteroatoms. The number of alkyl halides is 2. The number of benzene rings is 1. The molecule has 0 amide bonds. The van der Waals surface area contributed by atoms with E-state index in [0.29, 0.717) is 4.75 Å². The highest BCUT2D eigenvalue weighted by Gasteiger charge is 2.33. The van der Waals surface area contributed by atoms with Crippen LogP contribution in [0.3, 0.4) is 0 Å². The molecular formula is C16H23F2NOS. The molecule has 2 nitrogen and oxygen atoms in total. The number of nitrogens with one attached hydrogen (secondary N) is 1. The third kappa shape index (κ3) is 4.33. The Labute approximate surface area is 129 Å². The fraction of sp³-hybridized carbons (Fsp3) is 0.625. The highest BCUT2D eigenvalue weighted by atomic mass is 32.2. The van der Waals surface area contributed by atoms with E-state index in [1.54, 1.807) is 12.1 Å². The molecular weight excluding hydrogens is 292 g/mol. The highest BCUT2D eigenvalue weighted by Crippen LogP contribution is 2.40. The van der Waals surface area contributed by atoms with Crippen LogP contribution in [-0.4, -0.2) is 24.2 Å². The largest absolute Gasteiger partial charge is 0.434 e. The summed E-state index contributed by atoms with van der Waals surface area (Å²) in [4.78, 5) is 0. The molecule has 2 rings (SSSR count). The van der Waals surface area contributed by atoms with Crippen LogP contribution >= 0.6 is 11.8 Å². The van der Waals surface area contributed by atoms with Gasteiger partial charge in [-0.05, 0) is 32.1 Å². The Hall–Kier alpha value is -0.810. The van der Waals surface area contributed by atoms with Crippen LogP contribution in [0.1, 0.15) is 44.2 Å². The second-order valence-corrected chi connectivity index (χ2v) is 6.89. The maximum atomic E-state index is 12.5. The average molecular weight is 315 g/mol. The van der Waals surface area contributed by atoms with E-state index in [4.69, 9.17) is 0 Å². The number of hydrogen-bond acceptors (Lipinski definition) is 3. The van der Waals surface area contributed by atoms with Crippen molar-refractivity contribution in [1.82, 2.24) is 5.32 Å².